The number of nitrogens with zero attached hydrogens (tertiary/aromatic N) is 1. The molecule has 0 aliphatic heterocycles. The number of methoxy groups -OCH3 is 1. The van der Waals surface area contributed by atoms with Gasteiger partial charge in [0.15, 0.2) is 0 Å². The number of halogens is 1. The van der Waals surface area contributed by atoms with Crippen LogP contribution < -0.4 is 10.1 Å². The topological polar surface area (TPSA) is 64.4 Å². The third-order valence-electron chi connectivity index (χ3n) is 4.35. The van der Waals surface area contributed by atoms with Crippen LogP contribution in [-0.4, -0.2) is 30.3 Å². The summed E-state index contributed by atoms with van der Waals surface area (Å²) in [6, 6.07) is 15.2. The van der Waals surface area contributed by atoms with E-state index in [-0.39, 0.29) is 5.91 Å². The van der Waals surface area contributed by atoms with Crippen molar-refractivity contribution in [2.75, 3.05) is 19.4 Å². The number of carbonyl (C=O) groups is 1. The van der Waals surface area contributed by atoms with E-state index in [1.165, 1.54) is 11.8 Å². The molecule has 29 heavy (non-hydrogen) atoms. The average Bonchev–Trinajstić information content (AvgIpc) is 3.10. The summed E-state index contributed by atoms with van der Waals surface area (Å²) in [6.07, 6.45) is 0.779. The van der Waals surface area contributed by atoms with Gasteiger partial charge in [-0.15, -0.1) is 11.8 Å². The highest BCUT2D eigenvalue weighted by molar-refractivity contribution is 7.99. The number of aryl methyl sites for hydroxylation is 1. The number of nitrogens with one attached hydrogen (secondary N) is 1. The van der Waals surface area contributed by atoms with Gasteiger partial charge in [-0.1, -0.05) is 23.7 Å². The first-order chi connectivity index (χ1) is 14.0. The molecule has 2 aromatic carbocycles. The molecule has 1 amide bonds. The van der Waals surface area contributed by atoms with E-state index < -0.39 is 0 Å². The number of oxazole rings is 1. The molecule has 0 aliphatic carbocycles. The number of thioether (sulfide) groups is 1. The van der Waals surface area contributed by atoms with E-state index in [1.807, 2.05) is 55.5 Å². The first-order valence-electron chi connectivity index (χ1n) is 9.25. The number of amides is 1. The zero-order chi connectivity index (χ0) is 20.6. The smallest absolute Gasteiger partial charge is 0.230 e. The van der Waals surface area contributed by atoms with Crippen molar-refractivity contribution in [2.45, 2.75) is 19.1 Å². The minimum Gasteiger partial charge on any atom is -0.497 e. The zero-order valence-corrected chi connectivity index (χ0v) is 18.0. The number of carbonyl (C=O) groups excluding carboxylic acids is 1. The van der Waals surface area contributed by atoms with Crippen LogP contribution in [0.25, 0.3) is 11.5 Å². The highest BCUT2D eigenvalue weighted by atomic mass is 35.5. The normalized spacial score (nSPS) is 10.7. The van der Waals surface area contributed by atoms with Crippen molar-refractivity contribution >= 4 is 29.3 Å². The van der Waals surface area contributed by atoms with E-state index in [9.17, 15) is 4.79 Å². The molecule has 152 valence electrons. The van der Waals surface area contributed by atoms with Crippen molar-refractivity contribution in [3.63, 3.8) is 0 Å². The molecule has 1 N–H and O–H groups in total. The molecule has 3 rings (SSSR count). The predicted octanol–water partition coefficient (Wildman–Crippen LogP) is 4.90. The first-order valence-corrected chi connectivity index (χ1v) is 10.8. The molecule has 7 heteroatoms. The largest absolute Gasteiger partial charge is 0.497 e. The Balaban J connectivity index is 1.43. The summed E-state index contributed by atoms with van der Waals surface area (Å²) in [5.74, 6) is 3.15. The molecule has 1 aromatic heterocycles. The third-order valence-corrected chi connectivity index (χ3v) is 5.55. The molecule has 0 unspecified atom stereocenters. The molecule has 0 fully saturated rings. The Morgan fingerprint density at radius 1 is 1.17 bits per heavy atom. The van der Waals surface area contributed by atoms with Gasteiger partial charge < -0.3 is 14.5 Å². The summed E-state index contributed by atoms with van der Waals surface area (Å²) >= 11 is 7.39. The van der Waals surface area contributed by atoms with E-state index >= 15 is 0 Å². The molecule has 3 aromatic rings. The maximum atomic E-state index is 12.0. The maximum Gasteiger partial charge on any atom is 0.230 e. The summed E-state index contributed by atoms with van der Waals surface area (Å²) < 4.78 is 10.9. The van der Waals surface area contributed by atoms with Crippen molar-refractivity contribution < 1.29 is 13.9 Å². The zero-order valence-electron chi connectivity index (χ0n) is 16.4. The van der Waals surface area contributed by atoms with Gasteiger partial charge in [-0.3, -0.25) is 4.79 Å². The fourth-order valence-corrected chi connectivity index (χ4v) is 3.68. The van der Waals surface area contributed by atoms with Gasteiger partial charge in [0, 0.05) is 22.9 Å². The molecule has 0 atom stereocenters. The molecular formula is C22H23ClN2O3S. The summed E-state index contributed by atoms with van der Waals surface area (Å²) in [6.45, 7) is 2.49. The van der Waals surface area contributed by atoms with Crippen LogP contribution in [0.15, 0.2) is 52.9 Å². The van der Waals surface area contributed by atoms with Crippen LogP contribution in [0.2, 0.25) is 5.02 Å². The van der Waals surface area contributed by atoms with Crippen LogP contribution in [0.5, 0.6) is 5.75 Å². The second-order valence-corrected chi connectivity index (χ2v) is 7.89. The molecule has 0 saturated heterocycles. The summed E-state index contributed by atoms with van der Waals surface area (Å²) in [4.78, 5) is 16.6. The van der Waals surface area contributed by atoms with E-state index in [0.29, 0.717) is 29.0 Å². The molecule has 0 radical (unpaired) electrons. The fraction of sp³-hybridized carbons (Fsp3) is 0.273. The van der Waals surface area contributed by atoms with Gasteiger partial charge in [-0.2, -0.15) is 0 Å². The van der Waals surface area contributed by atoms with Gasteiger partial charge in [0.25, 0.3) is 0 Å². The summed E-state index contributed by atoms with van der Waals surface area (Å²) in [5, 5.41) is 3.66. The van der Waals surface area contributed by atoms with Gasteiger partial charge in [0.05, 0.1) is 18.6 Å². The Bertz CT molecular complexity index is 940. The minimum atomic E-state index is 0.0143. The van der Waals surface area contributed by atoms with Crippen molar-refractivity contribution in [1.82, 2.24) is 10.3 Å². The number of ether oxygens (including phenoxy) is 1. The Labute approximate surface area is 179 Å². The Morgan fingerprint density at radius 2 is 1.90 bits per heavy atom. The molecule has 0 saturated carbocycles. The van der Waals surface area contributed by atoms with Crippen LogP contribution in [-0.2, 0) is 17.0 Å². The van der Waals surface area contributed by atoms with Gasteiger partial charge in [-0.05, 0) is 55.3 Å². The standard InChI is InChI=1S/C22H23ClN2O3S/c1-15-20(25-22(28-15)17-5-9-19(27-2)10-6-17)13-29-14-21(26)24-12-11-16-3-7-18(23)8-4-16/h3-10H,11-14H2,1-2H3,(H,24,26). The number of aromatic nitrogens is 1. The summed E-state index contributed by atoms with van der Waals surface area (Å²) in [5.41, 5.74) is 2.89. The highest BCUT2D eigenvalue weighted by Gasteiger charge is 2.12. The number of benzene rings is 2. The minimum absolute atomic E-state index is 0.0143. The lowest BCUT2D eigenvalue weighted by molar-refractivity contribution is -0.118. The molecule has 5 nitrogen and oxygen atoms in total. The Hall–Kier alpha value is -2.44. The van der Waals surface area contributed by atoms with Crippen molar-refractivity contribution in [2.24, 2.45) is 0 Å². The average molecular weight is 431 g/mol. The molecule has 1 heterocycles. The van der Waals surface area contributed by atoms with Crippen molar-refractivity contribution in [3.05, 3.63) is 70.6 Å². The Morgan fingerprint density at radius 3 is 2.59 bits per heavy atom. The highest BCUT2D eigenvalue weighted by Crippen LogP contribution is 2.25. The lowest BCUT2D eigenvalue weighted by atomic mass is 10.1. The molecular weight excluding hydrogens is 408 g/mol. The SMILES string of the molecule is COc1ccc(-c2nc(CSCC(=O)NCCc3ccc(Cl)cc3)c(C)o2)cc1. The van der Waals surface area contributed by atoms with Crippen molar-refractivity contribution in [3.8, 4) is 17.2 Å². The van der Waals surface area contributed by atoms with Crippen LogP contribution in [0.4, 0.5) is 0 Å². The fourth-order valence-electron chi connectivity index (χ4n) is 2.71. The lowest BCUT2D eigenvalue weighted by Gasteiger charge is -2.05. The van der Waals surface area contributed by atoms with E-state index in [1.54, 1.807) is 7.11 Å². The third kappa shape index (κ3) is 6.27. The van der Waals surface area contributed by atoms with Gasteiger partial charge in [-0.25, -0.2) is 4.98 Å². The molecule has 0 aliphatic rings. The van der Waals surface area contributed by atoms with Crippen molar-refractivity contribution in [1.29, 1.82) is 0 Å². The van der Waals surface area contributed by atoms with E-state index in [0.717, 1.165) is 34.8 Å². The maximum absolute atomic E-state index is 12.0. The number of rotatable bonds is 9. The second kappa shape index (κ2) is 10.4. The first kappa shape index (κ1) is 21.3. The Kier molecular flexibility index (Phi) is 7.61. The van der Waals surface area contributed by atoms with Crippen LogP contribution >= 0.6 is 23.4 Å². The van der Waals surface area contributed by atoms with Gasteiger partial charge >= 0.3 is 0 Å². The predicted molar refractivity (Wildman–Crippen MR) is 118 cm³/mol. The molecule has 0 spiro atoms. The lowest BCUT2D eigenvalue weighted by Crippen LogP contribution is -2.27. The van der Waals surface area contributed by atoms with Crippen LogP contribution in [0, 0.1) is 6.92 Å². The number of hydrogen-bond donors (Lipinski definition) is 1. The summed E-state index contributed by atoms with van der Waals surface area (Å²) in [7, 11) is 1.63. The van der Waals surface area contributed by atoms with Gasteiger partial charge in [0.1, 0.15) is 11.5 Å². The monoisotopic (exact) mass is 430 g/mol. The van der Waals surface area contributed by atoms with Crippen LogP contribution in [0.1, 0.15) is 17.0 Å². The van der Waals surface area contributed by atoms with Gasteiger partial charge in [0.2, 0.25) is 11.8 Å². The van der Waals surface area contributed by atoms with Crippen LogP contribution in [0.3, 0.4) is 0 Å². The van der Waals surface area contributed by atoms with E-state index in [4.69, 9.17) is 20.8 Å². The second-order valence-electron chi connectivity index (χ2n) is 6.47. The molecule has 0 bridgehead atoms. The number of hydrogen-bond acceptors (Lipinski definition) is 5. The van der Waals surface area contributed by atoms with E-state index in [2.05, 4.69) is 10.3 Å². The quantitative estimate of drug-likeness (QED) is 0.522.